The number of benzene rings is 3. The molecule has 5 heteroatoms. The van der Waals surface area contributed by atoms with Gasteiger partial charge >= 0.3 is 0 Å². The van der Waals surface area contributed by atoms with Crippen molar-refractivity contribution in [2.75, 3.05) is 24.4 Å². The molecule has 0 aromatic heterocycles. The van der Waals surface area contributed by atoms with Crippen molar-refractivity contribution in [2.45, 2.75) is 31.7 Å². The van der Waals surface area contributed by atoms with Gasteiger partial charge < -0.3 is 20.1 Å². The number of rotatable bonds is 5. The standard InChI is InChI=1S/C28H28N2O3/c1-3-33-26-11-7-4-8-21(26)28-27-24(29-22-9-5-6-10-23(22)30-28)16-19(17-25(27)31)18-12-14-20(32-2)15-13-18/h4-15,19,28-30H,3,16-17H2,1-2H3/t19-,28+/m1/s1. The summed E-state index contributed by atoms with van der Waals surface area (Å²) in [4.78, 5) is 13.7. The second-order valence-corrected chi connectivity index (χ2v) is 8.41. The molecule has 168 valence electrons. The van der Waals surface area contributed by atoms with Crippen molar-refractivity contribution in [3.05, 3.63) is 95.2 Å². The summed E-state index contributed by atoms with van der Waals surface area (Å²) in [6.45, 7) is 2.54. The van der Waals surface area contributed by atoms with Crippen molar-refractivity contribution in [2.24, 2.45) is 0 Å². The summed E-state index contributed by atoms with van der Waals surface area (Å²) in [6, 6.07) is 23.8. The zero-order chi connectivity index (χ0) is 22.8. The topological polar surface area (TPSA) is 59.6 Å². The minimum absolute atomic E-state index is 0.114. The van der Waals surface area contributed by atoms with Gasteiger partial charge in [-0.25, -0.2) is 0 Å². The first kappa shape index (κ1) is 21.1. The van der Waals surface area contributed by atoms with Crippen LogP contribution in [0.2, 0.25) is 0 Å². The van der Waals surface area contributed by atoms with Crippen LogP contribution in [0.25, 0.3) is 0 Å². The fraction of sp³-hybridized carbons (Fsp3) is 0.250. The van der Waals surface area contributed by atoms with Crippen molar-refractivity contribution in [1.82, 2.24) is 0 Å². The zero-order valence-corrected chi connectivity index (χ0v) is 18.9. The Hall–Kier alpha value is -3.73. The number of fused-ring (bicyclic) bond motifs is 1. The number of nitrogens with one attached hydrogen (secondary N) is 2. The summed E-state index contributed by atoms with van der Waals surface area (Å²) >= 11 is 0. The number of hydrogen-bond donors (Lipinski definition) is 2. The number of carbonyl (C=O) groups is 1. The summed E-state index contributed by atoms with van der Waals surface area (Å²) in [5.74, 6) is 1.89. The highest BCUT2D eigenvalue weighted by atomic mass is 16.5. The maximum absolute atomic E-state index is 13.7. The Bertz CT molecular complexity index is 1200. The molecule has 0 unspecified atom stereocenters. The molecule has 0 amide bonds. The average molecular weight is 441 g/mol. The Morgan fingerprint density at radius 3 is 2.39 bits per heavy atom. The van der Waals surface area contributed by atoms with E-state index in [2.05, 4.69) is 22.8 Å². The third-order valence-electron chi connectivity index (χ3n) is 6.43. The first-order chi connectivity index (χ1) is 16.2. The van der Waals surface area contributed by atoms with E-state index in [1.165, 1.54) is 0 Å². The maximum atomic E-state index is 13.7. The van der Waals surface area contributed by atoms with Crippen molar-refractivity contribution >= 4 is 17.2 Å². The molecule has 3 aromatic carbocycles. The van der Waals surface area contributed by atoms with Gasteiger partial charge in [0.05, 0.1) is 31.1 Å². The van der Waals surface area contributed by atoms with E-state index < -0.39 is 0 Å². The highest BCUT2D eigenvalue weighted by Gasteiger charge is 2.37. The molecule has 5 rings (SSSR count). The summed E-state index contributed by atoms with van der Waals surface area (Å²) in [7, 11) is 1.66. The lowest BCUT2D eigenvalue weighted by molar-refractivity contribution is -0.116. The molecule has 1 aliphatic heterocycles. The molecule has 0 saturated carbocycles. The molecule has 2 N–H and O–H groups in total. The Morgan fingerprint density at radius 2 is 1.64 bits per heavy atom. The van der Waals surface area contributed by atoms with Crippen LogP contribution < -0.4 is 20.1 Å². The van der Waals surface area contributed by atoms with Crippen molar-refractivity contribution in [3.8, 4) is 11.5 Å². The second-order valence-electron chi connectivity index (χ2n) is 8.41. The van der Waals surface area contributed by atoms with E-state index in [1.54, 1.807) is 7.11 Å². The highest BCUT2D eigenvalue weighted by Crippen LogP contribution is 2.45. The molecule has 2 atom stereocenters. The van der Waals surface area contributed by atoms with Gasteiger partial charge in [0.25, 0.3) is 0 Å². The first-order valence-electron chi connectivity index (χ1n) is 11.4. The van der Waals surface area contributed by atoms with E-state index in [4.69, 9.17) is 9.47 Å². The Labute approximate surface area is 194 Å². The third-order valence-corrected chi connectivity index (χ3v) is 6.43. The Morgan fingerprint density at radius 1 is 0.909 bits per heavy atom. The fourth-order valence-corrected chi connectivity index (χ4v) is 4.84. The molecule has 5 nitrogen and oxygen atoms in total. The molecular weight excluding hydrogens is 412 g/mol. The van der Waals surface area contributed by atoms with Gasteiger partial charge in [-0.05, 0) is 55.2 Å². The zero-order valence-electron chi connectivity index (χ0n) is 18.9. The number of ketones is 1. The molecule has 2 aliphatic rings. The van der Waals surface area contributed by atoms with E-state index in [-0.39, 0.29) is 17.7 Å². The van der Waals surface area contributed by atoms with Gasteiger partial charge in [0.1, 0.15) is 11.5 Å². The number of allylic oxidation sites excluding steroid dienone is 1. The smallest absolute Gasteiger partial charge is 0.163 e. The van der Waals surface area contributed by atoms with Crippen LogP contribution in [0.15, 0.2) is 84.1 Å². The van der Waals surface area contributed by atoms with Gasteiger partial charge in [-0.1, -0.05) is 42.5 Å². The quantitative estimate of drug-likeness (QED) is 0.504. The number of carbonyl (C=O) groups excluding carboxylic acids is 1. The van der Waals surface area contributed by atoms with Gasteiger partial charge in [-0.15, -0.1) is 0 Å². The lowest BCUT2D eigenvalue weighted by Gasteiger charge is -2.30. The molecule has 0 bridgehead atoms. The van der Waals surface area contributed by atoms with E-state index in [0.29, 0.717) is 13.0 Å². The van der Waals surface area contributed by atoms with E-state index >= 15 is 0 Å². The third kappa shape index (κ3) is 4.07. The van der Waals surface area contributed by atoms with Crippen LogP contribution in [0.4, 0.5) is 11.4 Å². The SMILES string of the molecule is CCOc1ccccc1[C@@H]1Nc2ccccc2NC2=C1C(=O)C[C@H](c1ccc(OC)cc1)C2. The minimum atomic E-state index is -0.289. The van der Waals surface area contributed by atoms with E-state index in [9.17, 15) is 4.79 Å². The lowest BCUT2D eigenvalue weighted by Crippen LogP contribution is -2.27. The highest BCUT2D eigenvalue weighted by molar-refractivity contribution is 6.01. The molecule has 3 aromatic rings. The van der Waals surface area contributed by atoms with Crippen LogP contribution >= 0.6 is 0 Å². The molecule has 0 radical (unpaired) electrons. The lowest BCUT2D eigenvalue weighted by atomic mass is 9.78. The van der Waals surface area contributed by atoms with Crippen LogP contribution in [0.5, 0.6) is 11.5 Å². The number of methoxy groups -OCH3 is 1. The summed E-state index contributed by atoms with van der Waals surface area (Å²) < 4.78 is 11.2. The number of anilines is 2. The predicted molar refractivity (Wildman–Crippen MR) is 131 cm³/mol. The predicted octanol–water partition coefficient (Wildman–Crippen LogP) is 6.07. The van der Waals surface area contributed by atoms with E-state index in [0.717, 1.165) is 51.7 Å². The van der Waals surface area contributed by atoms with Gasteiger partial charge in [0.15, 0.2) is 5.78 Å². The van der Waals surface area contributed by atoms with Gasteiger partial charge in [0.2, 0.25) is 0 Å². The van der Waals surface area contributed by atoms with Gasteiger partial charge in [-0.2, -0.15) is 0 Å². The van der Waals surface area contributed by atoms with Crippen LogP contribution in [0, 0.1) is 0 Å². The monoisotopic (exact) mass is 440 g/mol. The fourth-order valence-electron chi connectivity index (χ4n) is 4.84. The van der Waals surface area contributed by atoms with Crippen molar-refractivity contribution < 1.29 is 14.3 Å². The molecule has 33 heavy (non-hydrogen) atoms. The summed E-state index contributed by atoms with van der Waals surface area (Å²) in [6.07, 6.45) is 1.23. The Balaban J connectivity index is 1.59. The largest absolute Gasteiger partial charge is 0.497 e. The van der Waals surface area contributed by atoms with Crippen LogP contribution in [0.3, 0.4) is 0 Å². The number of ether oxygens (including phenoxy) is 2. The molecule has 1 aliphatic carbocycles. The molecule has 1 heterocycles. The molecular formula is C28H28N2O3. The summed E-state index contributed by atoms with van der Waals surface area (Å²) in [5.41, 5.74) is 5.83. The molecule has 0 saturated heterocycles. The van der Waals surface area contributed by atoms with Crippen LogP contribution in [0.1, 0.15) is 42.9 Å². The van der Waals surface area contributed by atoms with E-state index in [1.807, 2.05) is 67.6 Å². The van der Waals surface area contributed by atoms with Gasteiger partial charge in [-0.3, -0.25) is 4.79 Å². The Kier molecular flexibility index (Phi) is 5.78. The normalized spacial score (nSPS) is 19.5. The van der Waals surface area contributed by atoms with Crippen molar-refractivity contribution in [1.29, 1.82) is 0 Å². The average Bonchev–Trinajstić information content (AvgIpc) is 3.01. The van der Waals surface area contributed by atoms with Gasteiger partial charge in [0, 0.05) is 23.3 Å². The van der Waals surface area contributed by atoms with Crippen LogP contribution in [-0.2, 0) is 4.79 Å². The first-order valence-corrected chi connectivity index (χ1v) is 11.4. The molecule has 0 fully saturated rings. The van der Waals surface area contributed by atoms with Crippen LogP contribution in [-0.4, -0.2) is 19.5 Å². The minimum Gasteiger partial charge on any atom is -0.497 e. The maximum Gasteiger partial charge on any atom is 0.163 e. The van der Waals surface area contributed by atoms with Crippen molar-refractivity contribution in [3.63, 3.8) is 0 Å². The number of hydrogen-bond acceptors (Lipinski definition) is 5. The number of Topliss-reactive ketones (excluding diaryl/α,β-unsaturated/α-hetero) is 1. The second kappa shape index (κ2) is 9.02. The summed E-state index contributed by atoms with van der Waals surface area (Å²) in [5, 5.41) is 7.23. The number of para-hydroxylation sites is 3. The molecule has 0 spiro atoms.